The smallest absolute Gasteiger partial charge is 0.239 e. The Balaban J connectivity index is 1.97. The SMILES string of the molecule is Cc1noc([C@@H](C)SCc2ccccc2C)n1. The second-order valence-electron chi connectivity index (χ2n) is 4.06. The average molecular weight is 248 g/mol. The van der Waals surface area contributed by atoms with Crippen LogP contribution in [0.5, 0.6) is 0 Å². The Morgan fingerprint density at radius 2 is 2.06 bits per heavy atom. The molecule has 2 rings (SSSR count). The molecule has 3 nitrogen and oxygen atoms in total. The molecular formula is C13H16N2OS. The fraction of sp³-hybridized carbons (Fsp3) is 0.385. The maximum absolute atomic E-state index is 5.16. The van der Waals surface area contributed by atoms with Crippen molar-refractivity contribution in [2.45, 2.75) is 31.8 Å². The highest BCUT2D eigenvalue weighted by Gasteiger charge is 2.13. The first-order chi connectivity index (χ1) is 8.16. The number of aryl methyl sites for hydroxylation is 2. The van der Waals surface area contributed by atoms with E-state index in [9.17, 15) is 0 Å². The molecule has 0 aliphatic heterocycles. The normalized spacial score (nSPS) is 12.6. The summed E-state index contributed by atoms with van der Waals surface area (Å²) in [7, 11) is 0. The van der Waals surface area contributed by atoms with Gasteiger partial charge in [0.1, 0.15) is 0 Å². The van der Waals surface area contributed by atoms with Gasteiger partial charge in [0.15, 0.2) is 5.82 Å². The van der Waals surface area contributed by atoms with Crippen molar-refractivity contribution in [3.05, 3.63) is 47.1 Å². The average Bonchev–Trinajstić information content (AvgIpc) is 2.74. The molecule has 0 spiro atoms. The topological polar surface area (TPSA) is 38.9 Å². The summed E-state index contributed by atoms with van der Waals surface area (Å²) in [6.07, 6.45) is 0. The second-order valence-corrected chi connectivity index (χ2v) is 5.39. The number of hydrogen-bond acceptors (Lipinski definition) is 4. The minimum atomic E-state index is 0.232. The minimum absolute atomic E-state index is 0.232. The molecule has 0 radical (unpaired) electrons. The molecule has 1 aromatic heterocycles. The molecule has 0 saturated carbocycles. The Morgan fingerprint density at radius 1 is 1.29 bits per heavy atom. The highest BCUT2D eigenvalue weighted by molar-refractivity contribution is 7.98. The van der Waals surface area contributed by atoms with Gasteiger partial charge in [-0.05, 0) is 31.9 Å². The van der Waals surface area contributed by atoms with Crippen LogP contribution < -0.4 is 0 Å². The van der Waals surface area contributed by atoms with E-state index in [1.54, 1.807) is 0 Å². The zero-order valence-corrected chi connectivity index (χ0v) is 11.1. The zero-order chi connectivity index (χ0) is 12.3. The highest BCUT2D eigenvalue weighted by atomic mass is 32.2. The van der Waals surface area contributed by atoms with Gasteiger partial charge in [-0.2, -0.15) is 4.98 Å². The molecule has 4 heteroatoms. The quantitative estimate of drug-likeness (QED) is 0.827. The lowest BCUT2D eigenvalue weighted by Gasteiger charge is -2.08. The van der Waals surface area contributed by atoms with Gasteiger partial charge in [0.05, 0.1) is 5.25 Å². The van der Waals surface area contributed by atoms with Gasteiger partial charge >= 0.3 is 0 Å². The van der Waals surface area contributed by atoms with Crippen molar-refractivity contribution in [2.75, 3.05) is 0 Å². The Labute approximate surface area is 106 Å². The van der Waals surface area contributed by atoms with Crippen LogP contribution in [0.25, 0.3) is 0 Å². The standard InChI is InChI=1S/C13H16N2OS/c1-9-6-4-5-7-12(9)8-17-10(2)13-14-11(3)15-16-13/h4-7,10H,8H2,1-3H3/t10-/m1/s1. The summed E-state index contributed by atoms with van der Waals surface area (Å²) in [5.74, 6) is 2.37. The fourth-order valence-electron chi connectivity index (χ4n) is 1.54. The first kappa shape index (κ1) is 12.2. The van der Waals surface area contributed by atoms with E-state index in [1.807, 2.05) is 18.7 Å². The summed E-state index contributed by atoms with van der Waals surface area (Å²) >= 11 is 1.81. The van der Waals surface area contributed by atoms with Crippen LogP contribution in [0.15, 0.2) is 28.8 Å². The highest BCUT2D eigenvalue weighted by Crippen LogP contribution is 2.30. The maximum Gasteiger partial charge on any atom is 0.239 e. The molecule has 0 fully saturated rings. The fourth-order valence-corrected chi connectivity index (χ4v) is 2.53. The summed E-state index contributed by atoms with van der Waals surface area (Å²) in [5.41, 5.74) is 2.69. The predicted molar refractivity (Wildman–Crippen MR) is 69.9 cm³/mol. The molecule has 0 aliphatic rings. The molecular weight excluding hydrogens is 232 g/mol. The van der Waals surface area contributed by atoms with Gasteiger partial charge in [0.2, 0.25) is 5.89 Å². The summed E-state index contributed by atoms with van der Waals surface area (Å²) in [6, 6.07) is 8.43. The third-order valence-electron chi connectivity index (χ3n) is 2.64. The van der Waals surface area contributed by atoms with Crippen LogP contribution in [0.4, 0.5) is 0 Å². The van der Waals surface area contributed by atoms with Crippen LogP contribution in [0.3, 0.4) is 0 Å². The van der Waals surface area contributed by atoms with Crippen molar-refractivity contribution < 1.29 is 4.52 Å². The van der Waals surface area contributed by atoms with Crippen molar-refractivity contribution in [3.8, 4) is 0 Å². The number of thioether (sulfide) groups is 1. The van der Waals surface area contributed by atoms with Gasteiger partial charge in [0.25, 0.3) is 0 Å². The molecule has 1 heterocycles. The molecule has 0 bridgehead atoms. The molecule has 90 valence electrons. The number of benzene rings is 1. The van der Waals surface area contributed by atoms with Crippen molar-refractivity contribution in [2.24, 2.45) is 0 Å². The van der Waals surface area contributed by atoms with E-state index in [0.717, 1.165) is 5.75 Å². The van der Waals surface area contributed by atoms with E-state index in [-0.39, 0.29) is 5.25 Å². The van der Waals surface area contributed by atoms with E-state index in [4.69, 9.17) is 4.52 Å². The van der Waals surface area contributed by atoms with Crippen LogP contribution in [-0.2, 0) is 5.75 Å². The molecule has 0 saturated heterocycles. The lowest BCUT2D eigenvalue weighted by Crippen LogP contribution is -1.92. The molecule has 17 heavy (non-hydrogen) atoms. The van der Waals surface area contributed by atoms with Crippen molar-refractivity contribution in [1.29, 1.82) is 0 Å². The lowest BCUT2D eigenvalue weighted by molar-refractivity contribution is 0.376. The molecule has 2 aromatic rings. The van der Waals surface area contributed by atoms with Gasteiger partial charge in [-0.15, -0.1) is 11.8 Å². The van der Waals surface area contributed by atoms with Crippen LogP contribution in [0, 0.1) is 13.8 Å². The maximum atomic E-state index is 5.16. The number of nitrogens with zero attached hydrogens (tertiary/aromatic N) is 2. The number of hydrogen-bond donors (Lipinski definition) is 0. The summed E-state index contributed by atoms with van der Waals surface area (Å²) < 4.78 is 5.16. The van der Waals surface area contributed by atoms with Crippen LogP contribution in [0.1, 0.15) is 35.0 Å². The van der Waals surface area contributed by atoms with Gasteiger partial charge in [-0.1, -0.05) is 29.4 Å². The Bertz CT molecular complexity index is 496. The Hall–Kier alpha value is -1.29. The Morgan fingerprint density at radius 3 is 2.71 bits per heavy atom. The molecule has 0 unspecified atom stereocenters. The van der Waals surface area contributed by atoms with Gasteiger partial charge in [-0.25, -0.2) is 0 Å². The summed E-state index contributed by atoms with van der Waals surface area (Å²) in [5, 5.41) is 4.04. The van der Waals surface area contributed by atoms with Gasteiger partial charge < -0.3 is 4.52 Å². The van der Waals surface area contributed by atoms with Crippen molar-refractivity contribution in [3.63, 3.8) is 0 Å². The molecule has 0 amide bonds. The minimum Gasteiger partial charge on any atom is -0.338 e. The third kappa shape index (κ3) is 3.09. The van der Waals surface area contributed by atoms with E-state index in [2.05, 4.69) is 48.3 Å². The number of rotatable bonds is 4. The van der Waals surface area contributed by atoms with Crippen molar-refractivity contribution >= 4 is 11.8 Å². The molecule has 1 atom stereocenters. The first-order valence-electron chi connectivity index (χ1n) is 5.63. The van der Waals surface area contributed by atoms with Crippen LogP contribution in [0.2, 0.25) is 0 Å². The van der Waals surface area contributed by atoms with Gasteiger partial charge in [0, 0.05) is 5.75 Å². The van der Waals surface area contributed by atoms with E-state index in [0.29, 0.717) is 11.7 Å². The second kappa shape index (κ2) is 5.36. The molecule has 0 N–H and O–H groups in total. The van der Waals surface area contributed by atoms with E-state index in [1.165, 1.54) is 11.1 Å². The monoisotopic (exact) mass is 248 g/mol. The Kier molecular flexibility index (Phi) is 3.84. The number of aromatic nitrogens is 2. The van der Waals surface area contributed by atoms with Gasteiger partial charge in [-0.3, -0.25) is 0 Å². The first-order valence-corrected chi connectivity index (χ1v) is 6.68. The molecule has 0 aliphatic carbocycles. The zero-order valence-electron chi connectivity index (χ0n) is 10.3. The third-order valence-corrected chi connectivity index (χ3v) is 3.82. The van der Waals surface area contributed by atoms with E-state index < -0.39 is 0 Å². The molecule has 1 aromatic carbocycles. The summed E-state index contributed by atoms with van der Waals surface area (Å²) in [4.78, 5) is 4.25. The summed E-state index contributed by atoms with van der Waals surface area (Å²) in [6.45, 7) is 6.07. The predicted octanol–water partition coefficient (Wildman–Crippen LogP) is 3.68. The largest absolute Gasteiger partial charge is 0.338 e. The van der Waals surface area contributed by atoms with Crippen LogP contribution in [-0.4, -0.2) is 10.1 Å². The lowest BCUT2D eigenvalue weighted by atomic mass is 10.1. The van der Waals surface area contributed by atoms with Crippen molar-refractivity contribution in [1.82, 2.24) is 10.1 Å². The van der Waals surface area contributed by atoms with E-state index >= 15 is 0 Å². The van der Waals surface area contributed by atoms with Crippen LogP contribution >= 0.6 is 11.8 Å².